The van der Waals surface area contributed by atoms with Gasteiger partial charge in [0.1, 0.15) is 0 Å². The number of nitrogens with one attached hydrogen (secondary N) is 1. The van der Waals surface area contributed by atoms with Crippen molar-refractivity contribution in [2.75, 3.05) is 31.2 Å². The van der Waals surface area contributed by atoms with Gasteiger partial charge < -0.3 is 19.7 Å². The molecule has 1 saturated heterocycles. The summed E-state index contributed by atoms with van der Waals surface area (Å²) >= 11 is 0. The molecule has 0 saturated carbocycles. The predicted octanol–water partition coefficient (Wildman–Crippen LogP) is 3.24. The topological polar surface area (TPSA) is 111 Å². The zero-order valence-electron chi connectivity index (χ0n) is 18.5. The number of anilines is 1. The Morgan fingerprint density at radius 2 is 1.91 bits per heavy atom. The molecule has 0 aromatic heterocycles. The monoisotopic (exact) mass is 459 g/mol. The first kappa shape index (κ1) is 24.0. The van der Waals surface area contributed by atoms with Crippen molar-refractivity contribution in [2.45, 2.75) is 26.7 Å². The highest BCUT2D eigenvalue weighted by Gasteiger charge is 2.35. The van der Waals surface area contributed by atoms with E-state index in [0.717, 1.165) is 17.7 Å². The summed E-state index contributed by atoms with van der Waals surface area (Å²) in [4.78, 5) is 36.4. The van der Waals surface area contributed by atoms with Gasteiger partial charge in [0.05, 0.1) is 29.7 Å². The van der Waals surface area contributed by atoms with Gasteiger partial charge >= 0.3 is 5.69 Å². The fourth-order valence-corrected chi connectivity index (χ4v) is 3.67. The van der Waals surface area contributed by atoms with E-state index in [2.05, 4.69) is 5.32 Å². The SMILES string of the molecule is CCOc1ccc(CCNC(=O)C2CC(=O)N(c3ccc(F)c([N+](=O)[O-])c3)C2)cc1OCC. The second kappa shape index (κ2) is 10.8. The number of hydrogen-bond acceptors (Lipinski definition) is 6. The zero-order valence-corrected chi connectivity index (χ0v) is 18.5. The van der Waals surface area contributed by atoms with E-state index >= 15 is 0 Å². The summed E-state index contributed by atoms with van der Waals surface area (Å²) in [5, 5.41) is 13.8. The van der Waals surface area contributed by atoms with Crippen LogP contribution in [0.25, 0.3) is 0 Å². The maximum absolute atomic E-state index is 13.6. The van der Waals surface area contributed by atoms with Gasteiger partial charge in [-0.05, 0) is 50.1 Å². The summed E-state index contributed by atoms with van der Waals surface area (Å²) in [5.41, 5.74) is 0.446. The Balaban J connectivity index is 1.58. The molecule has 2 aromatic rings. The minimum atomic E-state index is -0.980. The Kier molecular flexibility index (Phi) is 7.81. The Labute approximate surface area is 190 Å². The number of ether oxygens (including phenoxy) is 2. The molecule has 0 aliphatic carbocycles. The molecule has 2 amide bonds. The van der Waals surface area contributed by atoms with E-state index in [1.54, 1.807) is 0 Å². The van der Waals surface area contributed by atoms with Crippen LogP contribution in [-0.2, 0) is 16.0 Å². The van der Waals surface area contributed by atoms with E-state index in [4.69, 9.17) is 9.47 Å². The van der Waals surface area contributed by atoms with E-state index in [-0.39, 0.29) is 30.5 Å². The van der Waals surface area contributed by atoms with Crippen molar-refractivity contribution >= 4 is 23.2 Å². The first-order chi connectivity index (χ1) is 15.8. The van der Waals surface area contributed by atoms with Gasteiger partial charge in [0.2, 0.25) is 17.6 Å². The molecule has 176 valence electrons. The fraction of sp³-hybridized carbons (Fsp3) is 0.391. The van der Waals surface area contributed by atoms with Gasteiger partial charge in [-0.2, -0.15) is 4.39 Å². The maximum atomic E-state index is 13.6. The lowest BCUT2D eigenvalue weighted by atomic mass is 10.1. The molecule has 1 N–H and O–H groups in total. The van der Waals surface area contributed by atoms with E-state index in [1.807, 2.05) is 32.0 Å². The highest BCUT2D eigenvalue weighted by atomic mass is 19.1. The molecule has 1 unspecified atom stereocenters. The third kappa shape index (κ3) is 5.76. The lowest BCUT2D eigenvalue weighted by Crippen LogP contribution is -2.34. The molecule has 0 spiro atoms. The van der Waals surface area contributed by atoms with Gasteiger partial charge in [-0.1, -0.05) is 6.07 Å². The van der Waals surface area contributed by atoms with Crippen LogP contribution < -0.4 is 19.7 Å². The van der Waals surface area contributed by atoms with Crippen molar-refractivity contribution in [1.82, 2.24) is 5.32 Å². The molecule has 2 aromatic carbocycles. The first-order valence-corrected chi connectivity index (χ1v) is 10.7. The van der Waals surface area contributed by atoms with Crippen molar-refractivity contribution in [2.24, 2.45) is 5.92 Å². The molecule has 1 atom stereocenters. The van der Waals surface area contributed by atoms with Crippen LogP contribution in [0.3, 0.4) is 0 Å². The molecular weight excluding hydrogens is 433 g/mol. The van der Waals surface area contributed by atoms with Crippen LogP contribution in [0.2, 0.25) is 0 Å². The molecule has 10 heteroatoms. The molecule has 33 heavy (non-hydrogen) atoms. The van der Waals surface area contributed by atoms with Gasteiger partial charge in [-0.25, -0.2) is 0 Å². The van der Waals surface area contributed by atoms with Gasteiger partial charge in [-0.3, -0.25) is 19.7 Å². The summed E-state index contributed by atoms with van der Waals surface area (Å²) in [6.07, 6.45) is 0.543. The van der Waals surface area contributed by atoms with Crippen LogP contribution in [0, 0.1) is 21.8 Å². The van der Waals surface area contributed by atoms with Crippen LogP contribution in [0.15, 0.2) is 36.4 Å². The summed E-state index contributed by atoms with van der Waals surface area (Å²) in [6.45, 7) is 5.25. The standard InChI is InChI=1S/C23H26FN3O6/c1-3-32-20-8-5-15(11-21(20)33-4-2)9-10-25-23(29)16-12-22(28)26(14-16)17-6-7-18(24)19(13-17)27(30)31/h5-8,11,13,16H,3-4,9-10,12,14H2,1-2H3,(H,25,29). The largest absolute Gasteiger partial charge is 0.490 e. The van der Waals surface area contributed by atoms with E-state index in [0.29, 0.717) is 37.7 Å². The molecule has 3 rings (SSSR count). The van der Waals surface area contributed by atoms with Crippen LogP contribution >= 0.6 is 0 Å². The molecular formula is C23H26FN3O6. The number of carbonyl (C=O) groups excluding carboxylic acids is 2. The minimum Gasteiger partial charge on any atom is -0.490 e. The first-order valence-electron chi connectivity index (χ1n) is 10.7. The van der Waals surface area contributed by atoms with Gasteiger partial charge in [0.25, 0.3) is 0 Å². The van der Waals surface area contributed by atoms with Gasteiger partial charge in [-0.15, -0.1) is 0 Å². The Morgan fingerprint density at radius 3 is 2.61 bits per heavy atom. The number of halogens is 1. The quantitative estimate of drug-likeness (QED) is 0.431. The van der Waals surface area contributed by atoms with Crippen molar-refractivity contribution in [3.63, 3.8) is 0 Å². The normalized spacial score (nSPS) is 15.4. The van der Waals surface area contributed by atoms with E-state index in [1.165, 1.54) is 11.0 Å². The molecule has 1 heterocycles. The third-order valence-electron chi connectivity index (χ3n) is 5.25. The summed E-state index contributed by atoms with van der Waals surface area (Å²) in [5.74, 6) is -0.888. The van der Waals surface area contributed by atoms with Crippen LogP contribution in [0.4, 0.5) is 15.8 Å². The lowest BCUT2D eigenvalue weighted by Gasteiger charge is -2.17. The Bertz CT molecular complexity index is 1040. The number of nitrogens with zero attached hydrogens (tertiary/aromatic N) is 2. The Hall–Kier alpha value is -3.69. The van der Waals surface area contributed by atoms with E-state index < -0.39 is 22.3 Å². The van der Waals surface area contributed by atoms with Gasteiger partial charge in [0.15, 0.2) is 11.5 Å². The number of benzene rings is 2. The molecule has 0 bridgehead atoms. The van der Waals surface area contributed by atoms with Crippen molar-refractivity contribution in [3.05, 3.63) is 57.9 Å². The fourth-order valence-electron chi connectivity index (χ4n) is 3.67. The summed E-state index contributed by atoms with van der Waals surface area (Å²) in [7, 11) is 0. The zero-order chi connectivity index (χ0) is 24.0. The third-order valence-corrected chi connectivity index (χ3v) is 5.25. The second-order valence-electron chi connectivity index (χ2n) is 7.49. The number of amides is 2. The summed E-state index contributed by atoms with van der Waals surface area (Å²) < 4.78 is 24.8. The highest BCUT2D eigenvalue weighted by Crippen LogP contribution is 2.30. The van der Waals surface area contributed by atoms with Crippen molar-refractivity contribution < 1.29 is 28.4 Å². The minimum absolute atomic E-state index is 0.0193. The molecule has 9 nitrogen and oxygen atoms in total. The highest BCUT2D eigenvalue weighted by molar-refractivity contribution is 6.00. The predicted molar refractivity (Wildman–Crippen MR) is 119 cm³/mol. The van der Waals surface area contributed by atoms with Crippen molar-refractivity contribution in [1.29, 1.82) is 0 Å². The smallest absolute Gasteiger partial charge is 0.306 e. The second-order valence-corrected chi connectivity index (χ2v) is 7.49. The number of nitro groups is 1. The molecule has 0 radical (unpaired) electrons. The number of hydrogen-bond donors (Lipinski definition) is 1. The van der Waals surface area contributed by atoms with E-state index in [9.17, 15) is 24.1 Å². The maximum Gasteiger partial charge on any atom is 0.306 e. The number of rotatable bonds is 10. The van der Waals surface area contributed by atoms with Crippen LogP contribution in [-0.4, -0.2) is 43.0 Å². The summed E-state index contributed by atoms with van der Waals surface area (Å²) in [6, 6.07) is 8.87. The van der Waals surface area contributed by atoms with Crippen LogP contribution in [0.5, 0.6) is 11.5 Å². The lowest BCUT2D eigenvalue weighted by molar-refractivity contribution is -0.387. The average Bonchev–Trinajstić information content (AvgIpc) is 3.17. The van der Waals surface area contributed by atoms with Crippen molar-refractivity contribution in [3.8, 4) is 11.5 Å². The molecule has 1 aliphatic rings. The number of carbonyl (C=O) groups is 2. The molecule has 1 fully saturated rings. The number of nitro benzene ring substituents is 1. The van der Waals surface area contributed by atoms with Crippen LogP contribution in [0.1, 0.15) is 25.8 Å². The molecule has 1 aliphatic heterocycles. The average molecular weight is 459 g/mol. The van der Waals surface area contributed by atoms with Gasteiger partial charge in [0, 0.05) is 25.6 Å². The Morgan fingerprint density at radius 1 is 1.18 bits per heavy atom.